The molecule has 0 saturated carbocycles. The maximum Gasteiger partial charge on any atom is 0.234 e. The fourth-order valence-electron chi connectivity index (χ4n) is 1.91. The SMILES string of the molecule is O=C(CSc1ccc(Br)cc1)Nc1ccsc1C1=NCCO1. The van der Waals surface area contributed by atoms with Gasteiger partial charge < -0.3 is 10.1 Å². The van der Waals surface area contributed by atoms with Gasteiger partial charge in [-0.05, 0) is 35.7 Å². The minimum atomic E-state index is -0.0360. The van der Waals surface area contributed by atoms with E-state index in [2.05, 4.69) is 26.2 Å². The molecule has 0 spiro atoms. The lowest BCUT2D eigenvalue weighted by Crippen LogP contribution is -2.15. The molecule has 2 heterocycles. The second-order valence-electron chi connectivity index (χ2n) is 4.49. The molecule has 1 aliphatic rings. The summed E-state index contributed by atoms with van der Waals surface area (Å²) in [6, 6.07) is 9.78. The number of amides is 1. The summed E-state index contributed by atoms with van der Waals surface area (Å²) in [6.45, 7) is 1.29. The van der Waals surface area contributed by atoms with Crippen molar-refractivity contribution in [2.24, 2.45) is 4.99 Å². The van der Waals surface area contributed by atoms with Crippen LogP contribution in [0.4, 0.5) is 5.69 Å². The van der Waals surface area contributed by atoms with Crippen molar-refractivity contribution in [2.45, 2.75) is 4.90 Å². The number of carbonyl (C=O) groups is 1. The Balaban J connectivity index is 1.58. The van der Waals surface area contributed by atoms with Gasteiger partial charge in [0.05, 0.1) is 18.0 Å². The molecule has 0 fully saturated rings. The molecule has 1 aliphatic heterocycles. The zero-order chi connectivity index (χ0) is 15.4. The van der Waals surface area contributed by atoms with Crippen LogP contribution in [0.25, 0.3) is 0 Å². The summed E-state index contributed by atoms with van der Waals surface area (Å²) in [4.78, 5) is 18.3. The number of carbonyl (C=O) groups excluding carboxylic acids is 1. The number of benzene rings is 1. The first-order chi connectivity index (χ1) is 10.7. The van der Waals surface area contributed by atoms with E-state index in [1.54, 1.807) is 0 Å². The minimum Gasteiger partial charge on any atom is -0.475 e. The first-order valence-corrected chi connectivity index (χ1v) is 9.31. The summed E-state index contributed by atoms with van der Waals surface area (Å²) >= 11 is 6.42. The van der Waals surface area contributed by atoms with Gasteiger partial charge in [-0.3, -0.25) is 4.79 Å². The topological polar surface area (TPSA) is 50.7 Å². The van der Waals surface area contributed by atoms with Gasteiger partial charge in [0.15, 0.2) is 0 Å². The van der Waals surface area contributed by atoms with Gasteiger partial charge in [-0.15, -0.1) is 23.1 Å². The molecule has 1 amide bonds. The lowest BCUT2D eigenvalue weighted by atomic mass is 10.4. The van der Waals surface area contributed by atoms with Crippen molar-refractivity contribution in [2.75, 3.05) is 24.2 Å². The number of hydrogen-bond acceptors (Lipinski definition) is 5. The molecule has 4 nitrogen and oxygen atoms in total. The highest BCUT2D eigenvalue weighted by Crippen LogP contribution is 2.26. The third kappa shape index (κ3) is 3.91. The number of thioether (sulfide) groups is 1. The molecular formula is C15H13BrN2O2S2. The molecule has 22 heavy (non-hydrogen) atoms. The van der Waals surface area contributed by atoms with Crippen LogP contribution in [0.1, 0.15) is 4.88 Å². The number of ether oxygens (including phenoxy) is 1. The Bertz CT molecular complexity index is 698. The van der Waals surface area contributed by atoms with Crippen LogP contribution in [0.5, 0.6) is 0 Å². The van der Waals surface area contributed by atoms with Crippen molar-refractivity contribution in [3.8, 4) is 0 Å². The first-order valence-electron chi connectivity index (χ1n) is 6.66. The van der Waals surface area contributed by atoms with Crippen LogP contribution >= 0.6 is 39.0 Å². The molecule has 0 bridgehead atoms. The number of halogens is 1. The Hall–Kier alpha value is -1.31. The standard InChI is InChI=1S/C15H13BrN2O2S2/c16-10-1-3-11(4-2-10)22-9-13(19)18-12-5-8-21-14(12)15-17-6-7-20-15/h1-5,8H,6-7,9H2,(H,18,19). The van der Waals surface area contributed by atoms with Crippen LogP contribution in [0.15, 0.2) is 50.1 Å². The van der Waals surface area contributed by atoms with Crippen LogP contribution in [-0.2, 0) is 9.53 Å². The predicted molar refractivity (Wildman–Crippen MR) is 95.2 cm³/mol. The maximum atomic E-state index is 12.1. The highest BCUT2D eigenvalue weighted by molar-refractivity contribution is 9.10. The largest absolute Gasteiger partial charge is 0.475 e. The van der Waals surface area contributed by atoms with Gasteiger partial charge in [-0.2, -0.15) is 0 Å². The van der Waals surface area contributed by atoms with E-state index in [1.165, 1.54) is 23.1 Å². The molecule has 1 N–H and O–H groups in total. The highest BCUT2D eigenvalue weighted by atomic mass is 79.9. The molecule has 0 aliphatic carbocycles. The van der Waals surface area contributed by atoms with Crippen molar-refractivity contribution in [3.05, 3.63) is 45.1 Å². The van der Waals surface area contributed by atoms with Crippen molar-refractivity contribution >= 4 is 56.5 Å². The Morgan fingerprint density at radius 3 is 2.91 bits per heavy atom. The van der Waals surface area contributed by atoms with Gasteiger partial charge in [0, 0.05) is 9.37 Å². The monoisotopic (exact) mass is 396 g/mol. The molecule has 0 radical (unpaired) electrons. The Labute approximate surface area is 145 Å². The lowest BCUT2D eigenvalue weighted by molar-refractivity contribution is -0.113. The third-order valence-corrected chi connectivity index (χ3v) is 5.35. The van der Waals surface area contributed by atoms with Crippen molar-refractivity contribution in [3.63, 3.8) is 0 Å². The zero-order valence-corrected chi connectivity index (χ0v) is 14.8. The van der Waals surface area contributed by atoms with E-state index in [0.717, 1.165) is 19.9 Å². The summed E-state index contributed by atoms with van der Waals surface area (Å²) in [6.07, 6.45) is 0. The number of nitrogens with one attached hydrogen (secondary N) is 1. The molecule has 1 aromatic carbocycles. The average Bonchev–Trinajstić information content (AvgIpc) is 3.17. The number of anilines is 1. The average molecular weight is 397 g/mol. The molecular weight excluding hydrogens is 384 g/mol. The highest BCUT2D eigenvalue weighted by Gasteiger charge is 2.17. The van der Waals surface area contributed by atoms with Crippen LogP contribution < -0.4 is 5.32 Å². The van der Waals surface area contributed by atoms with E-state index >= 15 is 0 Å². The Morgan fingerprint density at radius 1 is 1.36 bits per heavy atom. The van der Waals surface area contributed by atoms with Gasteiger partial charge in [-0.1, -0.05) is 15.9 Å². The fraction of sp³-hybridized carbons (Fsp3) is 0.200. The molecule has 1 aromatic heterocycles. The van der Waals surface area contributed by atoms with Gasteiger partial charge in [0.25, 0.3) is 0 Å². The Kier molecular flexibility index (Phi) is 5.17. The van der Waals surface area contributed by atoms with E-state index in [0.29, 0.717) is 24.8 Å². The van der Waals surface area contributed by atoms with E-state index in [4.69, 9.17) is 4.74 Å². The van der Waals surface area contributed by atoms with Crippen molar-refractivity contribution in [1.29, 1.82) is 0 Å². The fourth-order valence-corrected chi connectivity index (χ4v) is 3.69. The number of rotatable bonds is 5. The lowest BCUT2D eigenvalue weighted by Gasteiger charge is -2.06. The van der Waals surface area contributed by atoms with Crippen molar-refractivity contribution in [1.82, 2.24) is 0 Å². The van der Waals surface area contributed by atoms with Crippen molar-refractivity contribution < 1.29 is 9.53 Å². The maximum absolute atomic E-state index is 12.1. The van der Waals surface area contributed by atoms with Crippen LogP contribution in [0, 0.1) is 0 Å². The van der Waals surface area contributed by atoms with Gasteiger partial charge in [0.2, 0.25) is 11.8 Å². The van der Waals surface area contributed by atoms with Crippen LogP contribution in [0.3, 0.4) is 0 Å². The zero-order valence-electron chi connectivity index (χ0n) is 11.5. The number of aliphatic imine (C=N–C) groups is 1. The van der Waals surface area contributed by atoms with Gasteiger partial charge in [-0.25, -0.2) is 4.99 Å². The molecule has 0 atom stereocenters. The molecule has 2 aromatic rings. The minimum absolute atomic E-state index is 0.0360. The first kappa shape index (κ1) is 15.6. The number of hydrogen-bond donors (Lipinski definition) is 1. The third-order valence-electron chi connectivity index (χ3n) is 2.90. The van der Waals surface area contributed by atoms with Gasteiger partial charge in [0.1, 0.15) is 11.5 Å². The smallest absolute Gasteiger partial charge is 0.234 e. The van der Waals surface area contributed by atoms with E-state index in [9.17, 15) is 4.79 Å². The molecule has 7 heteroatoms. The summed E-state index contributed by atoms with van der Waals surface area (Å²) in [5, 5.41) is 4.86. The van der Waals surface area contributed by atoms with Crippen LogP contribution in [0.2, 0.25) is 0 Å². The number of thiophene rings is 1. The second-order valence-corrected chi connectivity index (χ2v) is 7.37. The molecule has 3 rings (SSSR count). The van der Waals surface area contributed by atoms with Crippen LogP contribution in [-0.4, -0.2) is 30.7 Å². The Morgan fingerprint density at radius 2 is 2.18 bits per heavy atom. The van der Waals surface area contributed by atoms with E-state index in [1.807, 2.05) is 35.7 Å². The predicted octanol–water partition coefficient (Wildman–Crippen LogP) is 4.02. The van der Waals surface area contributed by atoms with E-state index < -0.39 is 0 Å². The molecule has 114 valence electrons. The quantitative estimate of drug-likeness (QED) is 0.776. The van der Waals surface area contributed by atoms with Gasteiger partial charge >= 0.3 is 0 Å². The molecule has 0 unspecified atom stereocenters. The summed E-state index contributed by atoms with van der Waals surface area (Å²) in [5.74, 6) is 0.960. The summed E-state index contributed by atoms with van der Waals surface area (Å²) in [7, 11) is 0. The summed E-state index contributed by atoms with van der Waals surface area (Å²) < 4.78 is 6.49. The summed E-state index contributed by atoms with van der Waals surface area (Å²) in [5.41, 5.74) is 0.770. The molecule has 0 saturated heterocycles. The van der Waals surface area contributed by atoms with E-state index in [-0.39, 0.29) is 5.91 Å². The second kappa shape index (κ2) is 7.30. The normalized spacial score (nSPS) is 13.6. The number of nitrogens with zero attached hydrogens (tertiary/aromatic N) is 1.